The molecule has 0 aliphatic carbocycles. The molecule has 0 aliphatic rings. The van der Waals surface area contributed by atoms with E-state index in [-0.39, 0.29) is 30.5 Å². The monoisotopic (exact) mass is 541 g/mol. The molecular weight excluding hydrogens is 513 g/mol. The standard InChI is InChI=1S/C17H27N5O3S2.HI/c1-6-18-17(20-10-16-22-12(3)13(4)25-16)19-7-8-21-27(23,24)15-9-11(2)26-14(15)5;/h9,21H,6-8,10H2,1-5H3,(H2,18,19,20);1H. The van der Waals surface area contributed by atoms with Gasteiger partial charge in [-0.15, -0.1) is 35.3 Å². The van der Waals surface area contributed by atoms with Crippen LogP contribution in [0.3, 0.4) is 0 Å². The molecule has 0 aliphatic heterocycles. The number of nitrogens with one attached hydrogen (secondary N) is 3. The molecule has 0 saturated carbocycles. The maximum atomic E-state index is 12.4. The fraction of sp³-hybridized carbons (Fsp3) is 0.529. The minimum atomic E-state index is -3.50. The molecule has 3 N–H and O–H groups in total. The van der Waals surface area contributed by atoms with Crippen molar-refractivity contribution in [1.29, 1.82) is 0 Å². The van der Waals surface area contributed by atoms with Crippen LogP contribution < -0.4 is 15.4 Å². The maximum Gasteiger partial charge on any atom is 0.241 e. The Labute approximate surface area is 187 Å². The highest BCUT2D eigenvalue weighted by atomic mass is 127. The number of aromatic nitrogens is 1. The normalized spacial score (nSPS) is 12.0. The molecule has 2 rings (SSSR count). The van der Waals surface area contributed by atoms with E-state index < -0.39 is 10.0 Å². The van der Waals surface area contributed by atoms with Gasteiger partial charge in [0.05, 0.1) is 10.6 Å². The van der Waals surface area contributed by atoms with Crippen molar-refractivity contribution in [2.24, 2.45) is 4.99 Å². The second-order valence-corrected chi connectivity index (χ2v) is 9.24. The van der Waals surface area contributed by atoms with E-state index in [1.165, 1.54) is 11.3 Å². The molecule has 2 heterocycles. The lowest BCUT2D eigenvalue weighted by molar-refractivity contribution is 0.473. The molecule has 0 saturated heterocycles. The second kappa shape index (κ2) is 11.1. The van der Waals surface area contributed by atoms with Crippen molar-refractivity contribution in [2.45, 2.75) is 46.1 Å². The van der Waals surface area contributed by atoms with E-state index in [0.29, 0.717) is 36.4 Å². The summed E-state index contributed by atoms with van der Waals surface area (Å²) in [5.74, 6) is 1.91. The first-order chi connectivity index (χ1) is 12.7. The fourth-order valence-corrected chi connectivity index (χ4v) is 5.00. The predicted molar refractivity (Wildman–Crippen MR) is 123 cm³/mol. The van der Waals surface area contributed by atoms with Crippen LogP contribution in [0.25, 0.3) is 0 Å². The van der Waals surface area contributed by atoms with Gasteiger partial charge in [-0.25, -0.2) is 23.1 Å². The van der Waals surface area contributed by atoms with E-state index in [1.807, 2.05) is 34.6 Å². The van der Waals surface area contributed by atoms with Gasteiger partial charge in [-0.1, -0.05) is 0 Å². The molecule has 0 atom stereocenters. The van der Waals surface area contributed by atoms with E-state index >= 15 is 0 Å². The van der Waals surface area contributed by atoms with E-state index in [1.54, 1.807) is 6.07 Å². The molecule has 2 aromatic heterocycles. The molecule has 0 spiro atoms. The zero-order valence-corrected chi connectivity index (χ0v) is 20.7. The lowest BCUT2D eigenvalue weighted by atomic mass is 10.4. The lowest BCUT2D eigenvalue weighted by Crippen LogP contribution is -2.41. The second-order valence-electron chi connectivity index (χ2n) is 6.05. The van der Waals surface area contributed by atoms with Gasteiger partial charge >= 0.3 is 0 Å². The summed E-state index contributed by atoms with van der Waals surface area (Å²) in [5.41, 5.74) is 0.853. The molecule has 2 aromatic rings. The van der Waals surface area contributed by atoms with Crippen LogP contribution >= 0.6 is 35.3 Å². The summed E-state index contributed by atoms with van der Waals surface area (Å²) in [6.07, 6.45) is 0. The summed E-state index contributed by atoms with van der Waals surface area (Å²) < 4.78 is 32.9. The van der Waals surface area contributed by atoms with Gasteiger partial charge in [0.2, 0.25) is 15.9 Å². The van der Waals surface area contributed by atoms with E-state index in [0.717, 1.165) is 21.2 Å². The van der Waals surface area contributed by atoms with Crippen molar-refractivity contribution >= 4 is 51.3 Å². The minimum Gasteiger partial charge on any atom is -0.444 e. The number of nitrogens with zero attached hydrogens (tertiary/aromatic N) is 2. The zero-order valence-electron chi connectivity index (χ0n) is 16.7. The minimum absolute atomic E-state index is 0. The number of thiophene rings is 1. The highest BCUT2D eigenvalue weighted by molar-refractivity contribution is 14.0. The first kappa shape index (κ1) is 24.9. The largest absolute Gasteiger partial charge is 0.444 e. The Balaban J connectivity index is 0.00000392. The van der Waals surface area contributed by atoms with Gasteiger partial charge in [0.25, 0.3) is 0 Å². The number of aliphatic imine (C=N–C) groups is 1. The summed E-state index contributed by atoms with van der Waals surface area (Å²) in [7, 11) is -3.50. The quantitative estimate of drug-likeness (QED) is 0.205. The third-order valence-electron chi connectivity index (χ3n) is 3.78. The summed E-state index contributed by atoms with van der Waals surface area (Å²) in [6, 6.07) is 1.70. The SMILES string of the molecule is CCNC(=NCc1nc(C)c(C)o1)NCCNS(=O)(=O)c1cc(C)sc1C.I. The molecule has 0 unspecified atom stereocenters. The molecule has 0 aromatic carbocycles. The molecule has 0 bridgehead atoms. The number of sulfonamides is 1. The molecule has 28 heavy (non-hydrogen) atoms. The van der Waals surface area contributed by atoms with E-state index in [2.05, 4.69) is 25.3 Å². The Kier molecular flexibility index (Phi) is 9.87. The molecular formula is C17H28IN5O3S2. The van der Waals surface area contributed by atoms with Crippen LogP contribution in [0.5, 0.6) is 0 Å². The van der Waals surface area contributed by atoms with Gasteiger partial charge in [0.1, 0.15) is 12.3 Å². The first-order valence-corrected chi connectivity index (χ1v) is 11.0. The lowest BCUT2D eigenvalue weighted by Gasteiger charge is -2.11. The molecule has 0 amide bonds. The number of guanidine groups is 1. The van der Waals surface area contributed by atoms with Gasteiger partial charge in [0.15, 0.2) is 5.96 Å². The summed E-state index contributed by atoms with van der Waals surface area (Å²) >= 11 is 1.48. The van der Waals surface area contributed by atoms with Gasteiger partial charge < -0.3 is 15.1 Å². The number of oxazole rings is 1. The molecule has 0 radical (unpaired) electrons. The van der Waals surface area contributed by atoms with Crippen LogP contribution in [0.15, 0.2) is 20.4 Å². The van der Waals surface area contributed by atoms with Crippen LogP contribution in [-0.2, 0) is 16.6 Å². The number of aryl methyl sites for hydroxylation is 4. The van der Waals surface area contributed by atoms with Crippen LogP contribution in [0.4, 0.5) is 0 Å². The number of hydrogen-bond donors (Lipinski definition) is 3. The van der Waals surface area contributed by atoms with Crippen molar-refractivity contribution in [3.63, 3.8) is 0 Å². The van der Waals surface area contributed by atoms with Crippen LogP contribution in [0, 0.1) is 27.7 Å². The third kappa shape index (κ3) is 7.01. The number of halogens is 1. The van der Waals surface area contributed by atoms with Gasteiger partial charge in [-0.05, 0) is 40.7 Å². The summed E-state index contributed by atoms with van der Waals surface area (Å²) in [6.45, 7) is 11.1. The van der Waals surface area contributed by atoms with Crippen LogP contribution in [-0.4, -0.2) is 39.0 Å². The van der Waals surface area contributed by atoms with Gasteiger partial charge in [0, 0.05) is 29.4 Å². The number of hydrogen-bond acceptors (Lipinski definition) is 6. The Hall–Kier alpha value is -1.18. The predicted octanol–water partition coefficient (Wildman–Crippen LogP) is 2.62. The number of rotatable bonds is 8. The van der Waals surface area contributed by atoms with Crippen molar-refractivity contribution in [3.05, 3.63) is 33.2 Å². The van der Waals surface area contributed by atoms with Crippen molar-refractivity contribution in [1.82, 2.24) is 20.3 Å². The molecule has 8 nitrogen and oxygen atoms in total. The maximum absolute atomic E-state index is 12.4. The Morgan fingerprint density at radius 2 is 1.93 bits per heavy atom. The zero-order chi connectivity index (χ0) is 20.0. The van der Waals surface area contributed by atoms with Gasteiger partial charge in [-0.3, -0.25) is 0 Å². The molecule has 158 valence electrons. The van der Waals surface area contributed by atoms with Crippen molar-refractivity contribution in [2.75, 3.05) is 19.6 Å². The van der Waals surface area contributed by atoms with Crippen molar-refractivity contribution in [3.8, 4) is 0 Å². The topological polar surface area (TPSA) is 109 Å². The van der Waals surface area contributed by atoms with Crippen LogP contribution in [0.2, 0.25) is 0 Å². The third-order valence-corrected chi connectivity index (χ3v) is 6.47. The Bertz CT molecular complexity index is 887. The highest BCUT2D eigenvalue weighted by Gasteiger charge is 2.18. The first-order valence-electron chi connectivity index (χ1n) is 8.74. The van der Waals surface area contributed by atoms with E-state index in [9.17, 15) is 8.42 Å². The Morgan fingerprint density at radius 3 is 2.46 bits per heavy atom. The summed E-state index contributed by atoms with van der Waals surface area (Å²) in [4.78, 5) is 10.8. The highest BCUT2D eigenvalue weighted by Crippen LogP contribution is 2.24. The smallest absolute Gasteiger partial charge is 0.241 e. The average molecular weight is 541 g/mol. The Morgan fingerprint density at radius 1 is 1.21 bits per heavy atom. The summed E-state index contributed by atoms with van der Waals surface area (Å²) in [5, 5.41) is 6.21. The fourth-order valence-electron chi connectivity index (χ4n) is 2.41. The van der Waals surface area contributed by atoms with Crippen LogP contribution in [0.1, 0.15) is 34.0 Å². The molecule has 11 heteroatoms. The molecule has 0 fully saturated rings. The van der Waals surface area contributed by atoms with Gasteiger partial charge in [-0.2, -0.15) is 0 Å². The average Bonchev–Trinajstić information content (AvgIpc) is 3.10. The van der Waals surface area contributed by atoms with Crippen molar-refractivity contribution < 1.29 is 12.8 Å². The van der Waals surface area contributed by atoms with E-state index in [4.69, 9.17) is 4.42 Å².